The van der Waals surface area contributed by atoms with E-state index in [2.05, 4.69) is 60.0 Å². The molecule has 5 aromatic rings. The van der Waals surface area contributed by atoms with E-state index in [-0.39, 0.29) is 0 Å². The summed E-state index contributed by atoms with van der Waals surface area (Å²) in [4.78, 5) is 20.6. The molecule has 0 saturated carbocycles. The highest BCUT2D eigenvalue weighted by atomic mass is 35.5. The number of hydrogen-bond acceptors (Lipinski definition) is 9. The van der Waals surface area contributed by atoms with Gasteiger partial charge >= 0.3 is 0 Å². The number of nitrogens with one attached hydrogen (secondary N) is 4. The van der Waals surface area contributed by atoms with Gasteiger partial charge in [0.2, 0.25) is 17.8 Å². The quantitative estimate of drug-likeness (QED) is 0.129. The Kier molecular flexibility index (Phi) is 8.85. The molecule has 0 fully saturated rings. The van der Waals surface area contributed by atoms with Gasteiger partial charge in [-0.25, -0.2) is 0 Å². The molecular weight excluding hydrogens is 522 g/mol. The number of hydrogen-bond donors (Lipinski definition) is 4. The summed E-state index contributed by atoms with van der Waals surface area (Å²) >= 11 is 6.13. The lowest BCUT2D eigenvalue weighted by molar-refractivity contribution is 0.316. The van der Waals surface area contributed by atoms with Gasteiger partial charge < -0.3 is 26.2 Å². The van der Waals surface area contributed by atoms with E-state index < -0.39 is 0 Å². The van der Waals surface area contributed by atoms with Gasteiger partial charge in [0.25, 0.3) is 0 Å². The normalized spacial score (nSPS) is 11.0. The van der Waals surface area contributed by atoms with Crippen LogP contribution in [-0.4, -0.2) is 51.0 Å². The van der Waals surface area contributed by atoms with Crippen molar-refractivity contribution in [3.63, 3.8) is 0 Å². The second kappa shape index (κ2) is 13.1. The molecule has 0 aliphatic heterocycles. The zero-order valence-corrected chi connectivity index (χ0v) is 23.3. The molecule has 0 spiro atoms. The smallest absolute Gasteiger partial charge is 0.233 e. The Morgan fingerprint density at radius 2 is 1.32 bits per heavy atom. The van der Waals surface area contributed by atoms with Crippen molar-refractivity contribution in [2.24, 2.45) is 0 Å². The number of anilines is 7. The zero-order valence-electron chi connectivity index (χ0n) is 22.5. The van der Waals surface area contributed by atoms with Crippen molar-refractivity contribution in [1.82, 2.24) is 24.8 Å². The van der Waals surface area contributed by atoms with Crippen molar-refractivity contribution in [1.29, 1.82) is 0 Å². The van der Waals surface area contributed by atoms with E-state index in [1.165, 1.54) is 0 Å². The summed E-state index contributed by atoms with van der Waals surface area (Å²) in [6.45, 7) is 7.95. The maximum absolute atomic E-state index is 6.13. The Morgan fingerprint density at radius 1 is 0.700 bits per heavy atom. The average molecular weight is 554 g/mol. The molecule has 2 aromatic heterocycles. The highest BCUT2D eigenvalue weighted by Gasteiger charge is 2.09. The summed E-state index contributed by atoms with van der Waals surface area (Å²) in [5.41, 5.74) is 4.48. The summed E-state index contributed by atoms with van der Waals surface area (Å²) in [6.07, 6.45) is 1.77. The second-order valence-electron chi connectivity index (χ2n) is 9.10. The Bertz CT molecular complexity index is 1540. The molecule has 0 aliphatic carbocycles. The maximum atomic E-state index is 6.13. The number of nitrogens with zero attached hydrogens (tertiary/aromatic N) is 5. The maximum Gasteiger partial charge on any atom is 0.233 e. The van der Waals surface area contributed by atoms with Crippen molar-refractivity contribution >= 4 is 63.1 Å². The molecule has 4 N–H and O–H groups in total. The van der Waals surface area contributed by atoms with Gasteiger partial charge in [-0.2, -0.15) is 15.0 Å². The van der Waals surface area contributed by atoms with E-state index >= 15 is 0 Å². The van der Waals surface area contributed by atoms with Crippen LogP contribution in [0.5, 0.6) is 0 Å². The molecule has 2 heterocycles. The fourth-order valence-corrected chi connectivity index (χ4v) is 4.40. The molecule has 0 aliphatic rings. The minimum atomic E-state index is 0.441. The standard InChI is InChI=1S/C30H32ClN9/c1-3-40(4-2)19-18-33-28-37-29(35-22-8-6-5-7-9-22)39-30(38-28)36-24-13-11-23(12-14-24)34-26-16-17-32-27-20-21(31)10-15-25(26)27/h5-17,20H,3-4,18-19H2,1-2H3,(H,32,34)(H3,33,35,36,37,38,39). The fourth-order valence-electron chi connectivity index (χ4n) is 4.23. The lowest BCUT2D eigenvalue weighted by Crippen LogP contribution is -2.29. The van der Waals surface area contributed by atoms with E-state index in [0.717, 1.165) is 59.8 Å². The number of fused-ring (bicyclic) bond motifs is 1. The van der Waals surface area contributed by atoms with Gasteiger partial charge in [0, 0.05) is 52.4 Å². The Labute approximate surface area is 239 Å². The molecule has 204 valence electrons. The van der Waals surface area contributed by atoms with Gasteiger partial charge in [-0.15, -0.1) is 0 Å². The van der Waals surface area contributed by atoms with Crippen molar-refractivity contribution in [2.75, 3.05) is 47.4 Å². The first-order chi connectivity index (χ1) is 19.6. The second-order valence-corrected chi connectivity index (χ2v) is 9.53. The number of aromatic nitrogens is 4. The highest BCUT2D eigenvalue weighted by Crippen LogP contribution is 2.28. The minimum Gasteiger partial charge on any atom is -0.355 e. The van der Waals surface area contributed by atoms with Crippen LogP contribution in [0.15, 0.2) is 85.1 Å². The summed E-state index contributed by atoms with van der Waals surface area (Å²) < 4.78 is 0. The molecule has 0 unspecified atom stereocenters. The van der Waals surface area contributed by atoms with Crippen LogP contribution in [0.2, 0.25) is 5.02 Å². The van der Waals surface area contributed by atoms with Gasteiger partial charge in [-0.3, -0.25) is 4.98 Å². The Morgan fingerprint density at radius 3 is 2.00 bits per heavy atom. The van der Waals surface area contributed by atoms with E-state index in [1.54, 1.807) is 6.20 Å². The lowest BCUT2D eigenvalue weighted by atomic mass is 10.2. The molecule has 10 heteroatoms. The van der Waals surface area contributed by atoms with Gasteiger partial charge in [0.15, 0.2) is 0 Å². The van der Waals surface area contributed by atoms with E-state index in [0.29, 0.717) is 22.9 Å². The van der Waals surface area contributed by atoms with Crippen LogP contribution in [0.1, 0.15) is 13.8 Å². The number of likely N-dealkylation sites (N-methyl/N-ethyl adjacent to an activating group) is 1. The molecular formula is C30H32ClN9. The van der Waals surface area contributed by atoms with Crippen LogP contribution in [0.4, 0.5) is 40.6 Å². The first-order valence-electron chi connectivity index (χ1n) is 13.3. The molecule has 9 nitrogen and oxygen atoms in total. The van der Waals surface area contributed by atoms with Crippen LogP contribution in [0.3, 0.4) is 0 Å². The average Bonchev–Trinajstić information content (AvgIpc) is 2.97. The third kappa shape index (κ3) is 7.13. The monoisotopic (exact) mass is 553 g/mol. The van der Waals surface area contributed by atoms with Crippen LogP contribution in [-0.2, 0) is 0 Å². The van der Waals surface area contributed by atoms with Gasteiger partial charge in [-0.05, 0) is 73.8 Å². The van der Waals surface area contributed by atoms with Gasteiger partial charge in [0.1, 0.15) is 0 Å². The highest BCUT2D eigenvalue weighted by molar-refractivity contribution is 6.31. The minimum absolute atomic E-state index is 0.441. The van der Waals surface area contributed by atoms with Crippen molar-refractivity contribution in [2.45, 2.75) is 13.8 Å². The number of para-hydroxylation sites is 1. The Hall–Kier alpha value is -4.47. The summed E-state index contributed by atoms with van der Waals surface area (Å²) in [7, 11) is 0. The number of rotatable bonds is 12. The van der Waals surface area contributed by atoms with Crippen molar-refractivity contribution in [3.8, 4) is 0 Å². The van der Waals surface area contributed by atoms with Crippen LogP contribution < -0.4 is 21.3 Å². The van der Waals surface area contributed by atoms with E-state index in [1.807, 2.05) is 78.9 Å². The molecule has 3 aromatic carbocycles. The molecule has 40 heavy (non-hydrogen) atoms. The molecule has 0 radical (unpaired) electrons. The predicted octanol–water partition coefficient (Wildman–Crippen LogP) is 7.06. The molecule has 0 amide bonds. The van der Waals surface area contributed by atoms with E-state index in [9.17, 15) is 0 Å². The molecule has 0 bridgehead atoms. The van der Waals surface area contributed by atoms with Crippen LogP contribution in [0.25, 0.3) is 10.9 Å². The first-order valence-corrected chi connectivity index (χ1v) is 13.7. The molecule has 0 saturated heterocycles. The largest absolute Gasteiger partial charge is 0.355 e. The predicted molar refractivity (Wildman–Crippen MR) is 166 cm³/mol. The van der Waals surface area contributed by atoms with Crippen molar-refractivity contribution in [3.05, 3.63) is 90.1 Å². The molecule has 0 atom stereocenters. The number of pyridine rings is 1. The number of benzene rings is 3. The summed E-state index contributed by atoms with van der Waals surface area (Å²) in [6, 6.07) is 25.4. The van der Waals surface area contributed by atoms with Crippen LogP contribution >= 0.6 is 11.6 Å². The van der Waals surface area contributed by atoms with E-state index in [4.69, 9.17) is 11.6 Å². The summed E-state index contributed by atoms with van der Waals surface area (Å²) in [5.74, 6) is 1.40. The third-order valence-electron chi connectivity index (χ3n) is 6.40. The first kappa shape index (κ1) is 27.1. The van der Waals surface area contributed by atoms with Crippen molar-refractivity contribution < 1.29 is 0 Å². The fraction of sp³-hybridized carbons (Fsp3) is 0.200. The third-order valence-corrected chi connectivity index (χ3v) is 6.63. The van der Waals surface area contributed by atoms with Crippen LogP contribution in [0, 0.1) is 0 Å². The topological polar surface area (TPSA) is 103 Å². The number of halogens is 1. The Balaban J connectivity index is 1.31. The molecule has 5 rings (SSSR count). The summed E-state index contributed by atoms with van der Waals surface area (Å²) in [5, 5.41) is 15.1. The van der Waals surface area contributed by atoms with Gasteiger partial charge in [-0.1, -0.05) is 43.6 Å². The zero-order chi connectivity index (χ0) is 27.7. The SMILES string of the molecule is CCN(CC)CCNc1nc(Nc2ccccc2)nc(Nc2ccc(Nc3ccnc4cc(Cl)ccc34)cc2)n1. The lowest BCUT2D eigenvalue weighted by Gasteiger charge is -2.18. The van der Waals surface area contributed by atoms with Gasteiger partial charge in [0.05, 0.1) is 5.52 Å².